The molecule has 1 amide bonds. The first-order valence-corrected chi connectivity index (χ1v) is 5.80. The molecule has 0 aliphatic carbocycles. The Labute approximate surface area is 117 Å². The van der Waals surface area contributed by atoms with Crippen LogP contribution >= 0.6 is 11.6 Å². The van der Waals surface area contributed by atoms with Gasteiger partial charge in [0, 0.05) is 22.9 Å². The Morgan fingerprint density at radius 3 is 2.40 bits per heavy atom. The number of nitrogens with zero attached hydrogens (tertiary/aromatic N) is 1. The molecule has 2 aromatic rings. The van der Waals surface area contributed by atoms with E-state index in [4.69, 9.17) is 17.3 Å². The number of aromatic nitrogens is 1. The third kappa shape index (κ3) is 2.75. The predicted molar refractivity (Wildman–Crippen MR) is 68.2 cm³/mol. The van der Waals surface area contributed by atoms with Crippen molar-refractivity contribution in [3.8, 4) is 11.1 Å². The second-order valence-electron chi connectivity index (χ2n) is 3.96. The van der Waals surface area contributed by atoms with Gasteiger partial charge in [-0.3, -0.25) is 4.79 Å². The van der Waals surface area contributed by atoms with Crippen molar-refractivity contribution in [2.75, 3.05) is 0 Å². The minimum Gasteiger partial charge on any atom is -0.366 e. The molecule has 20 heavy (non-hydrogen) atoms. The largest absolute Gasteiger partial charge is 0.417 e. The second kappa shape index (κ2) is 5.13. The summed E-state index contributed by atoms with van der Waals surface area (Å²) in [5, 5.41) is 0.138. The molecule has 0 unspecified atom stereocenters. The van der Waals surface area contributed by atoms with Crippen molar-refractivity contribution >= 4 is 17.5 Å². The molecule has 0 saturated carbocycles. The van der Waals surface area contributed by atoms with Crippen LogP contribution in [0.25, 0.3) is 11.1 Å². The number of primary amides is 1. The fourth-order valence-corrected chi connectivity index (χ4v) is 1.94. The zero-order valence-corrected chi connectivity index (χ0v) is 10.7. The van der Waals surface area contributed by atoms with E-state index >= 15 is 0 Å². The Morgan fingerprint density at radius 1 is 1.20 bits per heavy atom. The Bertz CT molecular complexity index is 654. The van der Waals surface area contributed by atoms with Crippen molar-refractivity contribution in [1.82, 2.24) is 4.98 Å². The topological polar surface area (TPSA) is 56.0 Å². The van der Waals surface area contributed by atoms with E-state index < -0.39 is 17.6 Å². The maximum atomic E-state index is 13.1. The number of alkyl halides is 3. The molecule has 3 nitrogen and oxygen atoms in total. The highest BCUT2D eigenvalue weighted by atomic mass is 35.5. The van der Waals surface area contributed by atoms with Gasteiger partial charge in [0.05, 0.1) is 5.56 Å². The van der Waals surface area contributed by atoms with Crippen LogP contribution in [0.2, 0.25) is 5.15 Å². The maximum absolute atomic E-state index is 13.1. The van der Waals surface area contributed by atoms with Gasteiger partial charge in [0.1, 0.15) is 5.15 Å². The van der Waals surface area contributed by atoms with Crippen molar-refractivity contribution < 1.29 is 18.0 Å². The summed E-state index contributed by atoms with van der Waals surface area (Å²) in [6.45, 7) is 0. The minimum atomic E-state index is -4.61. The summed E-state index contributed by atoms with van der Waals surface area (Å²) < 4.78 is 39.2. The Kier molecular flexibility index (Phi) is 3.67. The first-order valence-electron chi connectivity index (χ1n) is 5.42. The molecule has 0 atom stereocenters. The molecule has 2 rings (SSSR count). The van der Waals surface area contributed by atoms with E-state index in [0.717, 1.165) is 12.1 Å². The van der Waals surface area contributed by atoms with Gasteiger partial charge in [0.2, 0.25) is 5.91 Å². The number of hydrogen-bond donors (Lipinski definition) is 1. The van der Waals surface area contributed by atoms with Crippen molar-refractivity contribution in [2.45, 2.75) is 6.18 Å². The van der Waals surface area contributed by atoms with Gasteiger partial charge >= 0.3 is 6.18 Å². The molecule has 0 aliphatic heterocycles. The van der Waals surface area contributed by atoms with Crippen LogP contribution in [-0.4, -0.2) is 10.9 Å². The van der Waals surface area contributed by atoms with Gasteiger partial charge in [-0.1, -0.05) is 17.7 Å². The maximum Gasteiger partial charge on any atom is 0.417 e. The number of hydrogen-bond acceptors (Lipinski definition) is 2. The van der Waals surface area contributed by atoms with Crippen molar-refractivity contribution in [1.29, 1.82) is 0 Å². The van der Waals surface area contributed by atoms with Crippen LogP contribution in [0.5, 0.6) is 0 Å². The van der Waals surface area contributed by atoms with Crippen molar-refractivity contribution in [3.05, 3.63) is 52.8 Å². The van der Waals surface area contributed by atoms with Gasteiger partial charge in [0.25, 0.3) is 0 Å². The highest BCUT2D eigenvalue weighted by molar-refractivity contribution is 6.29. The summed E-state index contributed by atoms with van der Waals surface area (Å²) in [4.78, 5) is 15.1. The molecule has 2 N–H and O–H groups in total. The van der Waals surface area contributed by atoms with Crippen LogP contribution in [-0.2, 0) is 6.18 Å². The zero-order chi connectivity index (χ0) is 14.9. The summed E-state index contributed by atoms with van der Waals surface area (Å²) in [6, 6.07) is 5.95. The van der Waals surface area contributed by atoms with Gasteiger partial charge in [0.15, 0.2) is 0 Å². The monoisotopic (exact) mass is 300 g/mol. The number of nitrogens with two attached hydrogens (primary N) is 1. The van der Waals surface area contributed by atoms with E-state index in [0.29, 0.717) is 0 Å². The summed E-state index contributed by atoms with van der Waals surface area (Å²) in [5.74, 6) is -0.943. The molecule has 0 radical (unpaired) electrons. The molecule has 104 valence electrons. The fraction of sp³-hybridized carbons (Fsp3) is 0.0769. The van der Waals surface area contributed by atoms with Gasteiger partial charge in [-0.2, -0.15) is 13.2 Å². The lowest BCUT2D eigenvalue weighted by Gasteiger charge is -2.15. The smallest absolute Gasteiger partial charge is 0.366 e. The lowest BCUT2D eigenvalue weighted by atomic mass is 9.94. The third-order valence-corrected chi connectivity index (χ3v) is 2.87. The molecule has 1 aromatic heterocycles. The number of carbonyl (C=O) groups excluding carboxylic acids is 1. The molecular formula is C13H8ClF3N2O. The SMILES string of the molecule is NC(=O)c1cccc(C(F)(F)F)c1-c1ccc(Cl)nc1. The summed E-state index contributed by atoms with van der Waals surface area (Å²) >= 11 is 5.61. The zero-order valence-electron chi connectivity index (χ0n) is 9.91. The van der Waals surface area contributed by atoms with Gasteiger partial charge in [-0.25, -0.2) is 4.98 Å². The standard InChI is InChI=1S/C13H8ClF3N2O/c14-10-5-4-7(6-19-10)11-8(12(18)20)2-1-3-9(11)13(15,16)17/h1-6H,(H2,18,20). The Hall–Kier alpha value is -2.08. The Balaban J connectivity index is 2.76. The van der Waals surface area contributed by atoms with E-state index in [9.17, 15) is 18.0 Å². The van der Waals surface area contributed by atoms with Gasteiger partial charge < -0.3 is 5.73 Å². The predicted octanol–water partition coefficient (Wildman–Crippen LogP) is 3.52. The highest BCUT2D eigenvalue weighted by Crippen LogP contribution is 2.38. The van der Waals surface area contributed by atoms with E-state index in [-0.39, 0.29) is 21.8 Å². The van der Waals surface area contributed by atoms with Crippen LogP contribution in [0.3, 0.4) is 0 Å². The first-order chi connectivity index (χ1) is 9.30. The quantitative estimate of drug-likeness (QED) is 0.863. The number of pyridine rings is 1. The lowest BCUT2D eigenvalue weighted by molar-refractivity contribution is -0.137. The van der Waals surface area contributed by atoms with Gasteiger partial charge in [-0.15, -0.1) is 0 Å². The summed E-state index contributed by atoms with van der Waals surface area (Å²) in [7, 11) is 0. The molecule has 7 heteroatoms. The number of benzene rings is 1. The molecule has 0 fully saturated rings. The average Bonchev–Trinajstić information content (AvgIpc) is 2.37. The van der Waals surface area contributed by atoms with Crippen molar-refractivity contribution in [3.63, 3.8) is 0 Å². The van der Waals surface area contributed by atoms with Crippen LogP contribution in [0.4, 0.5) is 13.2 Å². The number of amides is 1. The third-order valence-electron chi connectivity index (χ3n) is 2.65. The molecule has 1 aromatic carbocycles. The van der Waals surface area contributed by atoms with Crippen molar-refractivity contribution in [2.24, 2.45) is 5.73 Å². The van der Waals surface area contributed by atoms with Crippen LogP contribution in [0.15, 0.2) is 36.5 Å². The summed E-state index contributed by atoms with van der Waals surface area (Å²) in [6.07, 6.45) is -3.44. The number of rotatable bonds is 2. The minimum absolute atomic E-state index is 0.121. The Morgan fingerprint density at radius 2 is 1.90 bits per heavy atom. The second-order valence-corrected chi connectivity index (χ2v) is 4.35. The van der Waals surface area contributed by atoms with E-state index in [1.54, 1.807) is 0 Å². The molecule has 0 spiro atoms. The number of carbonyl (C=O) groups is 1. The highest BCUT2D eigenvalue weighted by Gasteiger charge is 2.35. The van der Waals surface area contributed by atoms with E-state index in [2.05, 4.69) is 4.98 Å². The molecular weight excluding hydrogens is 293 g/mol. The first kappa shape index (κ1) is 14.3. The molecule has 0 aliphatic rings. The average molecular weight is 301 g/mol. The van der Waals surface area contributed by atoms with E-state index in [1.165, 1.54) is 24.4 Å². The number of halogens is 4. The van der Waals surface area contributed by atoms with Gasteiger partial charge in [-0.05, 0) is 24.3 Å². The lowest BCUT2D eigenvalue weighted by Crippen LogP contribution is -2.16. The summed E-state index contributed by atoms with van der Waals surface area (Å²) in [5.41, 5.74) is 3.80. The fourth-order valence-electron chi connectivity index (χ4n) is 1.83. The van der Waals surface area contributed by atoms with Crippen LogP contribution in [0, 0.1) is 0 Å². The normalized spacial score (nSPS) is 11.4. The molecule has 0 bridgehead atoms. The van der Waals surface area contributed by atoms with Crippen LogP contribution < -0.4 is 5.73 Å². The molecule has 0 saturated heterocycles. The molecule has 1 heterocycles. The van der Waals surface area contributed by atoms with E-state index in [1.807, 2.05) is 0 Å². The van der Waals surface area contributed by atoms with Crippen LogP contribution in [0.1, 0.15) is 15.9 Å².